The van der Waals surface area contributed by atoms with Gasteiger partial charge in [0.1, 0.15) is 5.82 Å². The highest BCUT2D eigenvalue weighted by molar-refractivity contribution is 5.79. The van der Waals surface area contributed by atoms with Crippen LogP contribution >= 0.6 is 0 Å². The molecule has 0 amide bonds. The summed E-state index contributed by atoms with van der Waals surface area (Å²) in [7, 11) is 0. The molecule has 0 aliphatic carbocycles. The summed E-state index contributed by atoms with van der Waals surface area (Å²) in [5.74, 6) is -1.48. The van der Waals surface area contributed by atoms with Crippen LogP contribution in [0.5, 0.6) is 11.8 Å². The third kappa shape index (κ3) is 2.20. The average molecular weight is 261 g/mol. The number of nitrogen functional groups attached to an aromatic ring is 1. The van der Waals surface area contributed by atoms with Gasteiger partial charge in [-0.2, -0.15) is 4.98 Å². The molecule has 0 saturated heterocycles. The molecular formula is C13H9F2N3O. The second kappa shape index (κ2) is 4.24. The number of ether oxygens (including phenoxy) is 1. The Bertz CT molecular complexity index is 755. The van der Waals surface area contributed by atoms with Crippen molar-refractivity contribution < 1.29 is 13.5 Å². The predicted molar refractivity (Wildman–Crippen MR) is 66.9 cm³/mol. The van der Waals surface area contributed by atoms with Crippen LogP contribution in [0, 0.1) is 11.6 Å². The highest BCUT2D eigenvalue weighted by atomic mass is 19.1. The van der Waals surface area contributed by atoms with Crippen LogP contribution in [0.4, 0.5) is 14.5 Å². The maximum absolute atomic E-state index is 13.4. The van der Waals surface area contributed by atoms with Gasteiger partial charge in [0.25, 0.3) is 6.01 Å². The van der Waals surface area contributed by atoms with Crippen molar-refractivity contribution >= 4 is 16.7 Å². The summed E-state index contributed by atoms with van der Waals surface area (Å²) >= 11 is 0. The maximum atomic E-state index is 13.4. The van der Waals surface area contributed by atoms with Gasteiger partial charge in [-0.3, -0.25) is 0 Å². The zero-order valence-electron chi connectivity index (χ0n) is 9.65. The van der Waals surface area contributed by atoms with Crippen molar-refractivity contribution in [1.29, 1.82) is 0 Å². The summed E-state index contributed by atoms with van der Waals surface area (Å²) in [6.07, 6.45) is 0. The first-order valence-corrected chi connectivity index (χ1v) is 5.50. The number of imidazole rings is 1. The number of hydrogen-bond donors (Lipinski definition) is 2. The number of nitrogens with zero attached hydrogens (tertiary/aromatic N) is 1. The average Bonchev–Trinajstić information content (AvgIpc) is 2.75. The first-order chi connectivity index (χ1) is 9.11. The smallest absolute Gasteiger partial charge is 0.300 e. The molecule has 0 aliphatic rings. The number of nitrogens with two attached hydrogens (primary N) is 1. The van der Waals surface area contributed by atoms with Gasteiger partial charge < -0.3 is 15.5 Å². The second-order valence-corrected chi connectivity index (χ2v) is 4.00. The Balaban J connectivity index is 1.98. The highest BCUT2D eigenvalue weighted by Gasteiger charge is 2.10. The minimum atomic E-state index is -0.665. The SMILES string of the molecule is Nc1ccc2nc(Oc3cc(F)ccc3F)[nH]c2c1. The Kier molecular flexibility index (Phi) is 2.56. The van der Waals surface area contributed by atoms with E-state index in [9.17, 15) is 8.78 Å². The van der Waals surface area contributed by atoms with Crippen LogP contribution in [0.25, 0.3) is 11.0 Å². The molecule has 0 fully saturated rings. The van der Waals surface area contributed by atoms with Gasteiger partial charge in [-0.1, -0.05) is 0 Å². The third-order valence-corrected chi connectivity index (χ3v) is 2.58. The number of aromatic amines is 1. The monoisotopic (exact) mass is 261 g/mol. The first kappa shape index (κ1) is 11.5. The fourth-order valence-electron chi connectivity index (χ4n) is 1.71. The van der Waals surface area contributed by atoms with E-state index in [0.717, 1.165) is 18.2 Å². The number of rotatable bonds is 2. The van der Waals surface area contributed by atoms with Gasteiger partial charge in [0.05, 0.1) is 11.0 Å². The van der Waals surface area contributed by atoms with E-state index >= 15 is 0 Å². The fourth-order valence-corrected chi connectivity index (χ4v) is 1.71. The number of hydrogen-bond acceptors (Lipinski definition) is 3. The number of H-pyrrole nitrogens is 1. The predicted octanol–water partition coefficient (Wildman–Crippen LogP) is 3.22. The zero-order chi connectivity index (χ0) is 13.4. The van der Waals surface area contributed by atoms with E-state index in [1.807, 2.05) is 0 Å². The van der Waals surface area contributed by atoms with Gasteiger partial charge in [-0.15, -0.1) is 0 Å². The molecule has 2 aromatic carbocycles. The van der Waals surface area contributed by atoms with Gasteiger partial charge in [0.2, 0.25) is 0 Å². The minimum absolute atomic E-state index is 0.0742. The molecule has 0 atom stereocenters. The molecule has 0 radical (unpaired) electrons. The van der Waals surface area contributed by atoms with E-state index in [1.165, 1.54) is 0 Å². The van der Waals surface area contributed by atoms with Crippen molar-refractivity contribution in [1.82, 2.24) is 9.97 Å². The molecule has 0 unspecified atom stereocenters. The summed E-state index contributed by atoms with van der Waals surface area (Å²) in [6.45, 7) is 0. The van der Waals surface area contributed by atoms with Gasteiger partial charge in [0.15, 0.2) is 11.6 Å². The van der Waals surface area contributed by atoms with Crippen LogP contribution in [0.1, 0.15) is 0 Å². The number of fused-ring (bicyclic) bond motifs is 1. The fraction of sp³-hybridized carbons (Fsp3) is 0. The lowest BCUT2D eigenvalue weighted by Crippen LogP contribution is -1.90. The van der Waals surface area contributed by atoms with E-state index in [4.69, 9.17) is 10.5 Å². The molecule has 19 heavy (non-hydrogen) atoms. The van der Waals surface area contributed by atoms with Crippen molar-refractivity contribution in [3.8, 4) is 11.8 Å². The molecule has 1 aromatic heterocycles. The summed E-state index contributed by atoms with van der Waals surface area (Å²) in [6, 6.07) is 8.11. The molecule has 0 bridgehead atoms. The molecule has 3 N–H and O–H groups in total. The van der Waals surface area contributed by atoms with Crippen LogP contribution in [-0.2, 0) is 0 Å². The summed E-state index contributed by atoms with van der Waals surface area (Å²) in [4.78, 5) is 6.93. The van der Waals surface area contributed by atoms with Crippen molar-refractivity contribution in [2.45, 2.75) is 0 Å². The van der Waals surface area contributed by atoms with Crippen LogP contribution in [-0.4, -0.2) is 9.97 Å². The largest absolute Gasteiger partial charge is 0.422 e. The molecule has 6 heteroatoms. The second-order valence-electron chi connectivity index (χ2n) is 4.00. The normalized spacial score (nSPS) is 10.8. The maximum Gasteiger partial charge on any atom is 0.300 e. The van der Waals surface area contributed by atoms with E-state index in [-0.39, 0.29) is 11.8 Å². The van der Waals surface area contributed by atoms with E-state index < -0.39 is 11.6 Å². The quantitative estimate of drug-likeness (QED) is 0.696. The summed E-state index contributed by atoms with van der Waals surface area (Å²) in [5.41, 5.74) is 7.49. The highest BCUT2D eigenvalue weighted by Crippen LogP contribution is 2.25. The van der Waals surface area contributed by atoms with Crippen LogP contribution < -0.4 is 10.5 Å². The summed E-state index contributed by atoms with van der Waals surface area (Å²) in [5, 5.41) is 0. The summed E-state index contributed by atoms with van der Waals surface area (Å²) < 4.78 is 31.6. The molecular weight excluding hydrogens is 252 g/mol. The van der Waals surface area contributed by atoms with Gasteiger partial charge >= 0.3 is 0 Å². The zero-order valence-corrected chi connectivity index (χ0v) is 9.65. The van der Waals surface area contributed by atoms with E-state index in [0.29, 0.717) is 16.7 Å². The van der Waals surface area contributed by atoms with Gasteiger partial charge in [0, 0.05) is 11.8 Å². The number of anilines is 1. The van der Waals surface area contributed by atoms with Gasteiger partial charge in [-0.25, -0.2) is 8.78 Å². The molecule has 1 heterocycles. The van der Waals surface area contributed by atoms with Gasteiger partial charge in [-0.05, 0) is 30.3 Å². The van der Waals surface area contributed by atoms with Crippen LogP contribution in [0.3, 0.4) is 0 Å². The molecule has 3 aromatic rings. The Labute approximate surface area is 106 Å². The van der Waals surface area contributed by atoms with Crippen molar-refractivity contribution in [3.05, 3.63) is 48.0 Å². The van der Waals surface area contributed by atoms with E-state index in [1.54, 1.807) is 18.2 Å². The van der Waals surface area contributed by atoms with E-state index in [2.05, 4.69) is 9.97 Å². The minimum Gasteiger partial charge on any atom is -0.422 e. The topological polar surface area (TPSA) is 63.9 Å². The molecule has 4 nitrogen and oxygen atoms in total. The van der Waals surface area contributed by atoms with Crippen LogP contribution in [0.15, 0.2) is 36.4 Å². The molecule has 0 saturated carbocycles. The Morgan fingerprint density at radius 2 is 1.95 bits per heavy atom. The number of benzene rings is 2. The Morgan fingerprint density at radius 3 is 2.79 bits per heavy atom. The molecule has 96 valence electrons. The number of halogens is 2. The molecule has 3 rings (SSSR count). The Hall–Kier alpha value is -2.63. The standard InChI is InChI=1S/C13H9F2N3O/c14-7-1-3-9(15)12(5-7)19-13-17-10-4-2-8(16)6-11(10)18-13/h1-6H,16H2,(H,17,18). The lowest BCUT2D eigenvalue weighted by atomic mass is 10.3. The third-order valence-electron chi connectivity index (χ3n) is 2.58. The Morgan fingerprint density at radius 1 is 1.11 bits per heavy atom. The molecule has 0 aliphatic heterocycles. The van der Waals surface area contributed by atoms with Crippen molar-refractivity contribution in [2.24, 2.45) is 0 Å². The van der Waals surface area contributed by atoms with Crippen molar-refractivity contribution in [3.63, 3.8) is 0 Å². The lowest BCUT2D eigenvalue weighted by molar-refractivity contribution is 0.412. The lowest BCUT2D eigenvalue weighted by Gasteiger charge is -2.02. The molecule has 0 spiro atoms. The van der Waals surface area contributed by atoms with Crippen molar-refractivity contribution in [2.75, 3.05) is 5.73 Å². The first-order valence-electron chi connectivity index (χ1n) is 5.50. The van der Waals surface area contributed by atoms with Crippen LogP contribution in [0.2, 0.25) is 0 Å². The number of nitrogens with one attached hydrogen (secondary N) is 1. The number of aromatic nitrogens is 2.